The Kier molecular flexibility index (Phi) is 10.9. The Hall–Kier alpha value is -2.43. The molecule has 0 radical (unpaired) electrons. The fraction of sp³-hybridized carbons (Fsp3) is 0.560. The quantitative estimate of drug-likeness (QED) is 0.258. The molecule has 0 amide bonds. The van der Waals surface area contributed by atoms with Crippen LogP contribution in [0.3, 0.4) is 0 Å². The summed E-state index contributed by atoms with van der Waals surface area (Å²) in [5.41, 5.74) is 1.57. The summed E-state index contributed by atoms with van der Waals surface area (Å²) < 4.78 is 11.4. The normalized spacial score (nSPS) is 11.8. The predicted molar refractivity (Wildman–Crippen MR) is 121 cm³/mol. The Bertz CT molecular complexity index is 749. The third-order valence-corrected chi connectivity index (χ3v) is 5.28. The molecule has 0 aliphatic rings. The summed E-state index contributed by atoms with van der Waals surface area (Å²) >= 11 is 0. The molecule has 0 saturated carbocycles. The minimum Gasteiger partial charge on any atom is -0.490 e. The van der Waals surface area contributed by atoms with Crippen LogP contribution < -0.4 is 9.47 Å². The zero-order valence-electron chi connectivity index (χ0n) is 18.7. The van der Waals surface area contributed by atoms with Crippen molar-refractivity contribution in [2.24, 2.45) is 5.92 Å². The van der Waals surface area contributed by atoms with E-state index >= 15 is 0 Å². The van der Waals surface area contributed by atoms with Crippen LogP contribution in [0.1, 0.15) is 78.6 Å². The maximum atomic E-state index is 12.2. The lowest BCUT2D eigenvalue weighted by atomic mass is 10.0. The van der Waals surface area contributed by atoms with Gasteiger partial charge >= 0.3 is 12.0 Å². The third-order valence-electron chi connectivity index (χ3n) is 5.28. The Morgan fingerprint density at radius 1 is 1.03 bits per heavy atom. The molecule has 1 unspecified atom stereocenters. The molecule has 0 N–H and O–H groups in total. The molecule has 164 valence electrons. The van der Waals surface area contributed by atoms with Crippen LogP contribution in [-0.2, 0) is 4.79 Å². The molecule has 5 heteroatoms. The number of benzene rings is 1. The molecular weight excluding hydrogens is 376 g/mol. The van der Waals surface area contributed by atoms with E-state index in [1.54, 1.807) is 6.20 Å². The summed E-state index contributed by atoms with van der Waals surface area (Å²) in [4.78, 5) is 20.9. The fourth-order valence-electron chi connectivity index (χ4n) is 3.10. The number of carbonyl (C=O) groups is 1. The number of nitrogens with zero attached hydrogens (tertiary/aromatic N) is 2. The van der Waals surface area contributed by atoms with Gasteiger partial charge < -0.3 is 9.47 Å². The van der Waals surface area contributed by atoms with Gasteiger partial charge in [0.15, 0.2) is 5.75 Å². The maximum absolute atomic E-state index is 12.2. The highest BCUT2D eigenvalue weighted by Crippen LogP contribution is 2.29. The van der Waals surface area contributed by atoms with Gasteiger partial charge in [-0.2, -0.15) is 9.97 Å². The molecule has 5 nitrogen and oxygen atoms in total. The van der Waals surface area contributed by atoms with E-state index < -0.39 is 0 Å². The number of rotatable bonds is 14. The van der Waals surface area contributed by atoms with Gasteiger partial charge in [0.1, 0.15) is 5.69 Å². The summed E-state index contributed by atoms with van der Waals surface area (Å²) in [6.07, 6.45) is 11.1. The predicted octanol–water partition coefficient (Wildman–Crippen LogP) is 6.61. The lowest BCUT2D eigenvalue weighted by molar-refractivity contribution is -0.135. The van der Waals surface area contributed by atoms with Crippen molar-refractivity contribution in [3.05, 3.63) is 36.5 Å². The smallest absolute Gasteiger partial charge is 0.325 e. The van der Waals surface area contributed by atoms with Gasteiger partial charge in [0, 0.05) is 12.0 Å². The van der Waals surface area contributed by atoms with Crippen molar-refractivity contribution in [3.8, 4) is 23.0 Å². The second-order valence-corrected chi connectivity index (χ2v) is 7.87. The molecule has 1 atom stereocenters. The highest BCUT2D eigenvalue weighted by Gasteiger charge is 2.15. The molecule has 2 aromatic rings. The molecular formula is C25H36N2O3. The molecule has 0 bridgehead atoms. The molecule has 0 aliphatic carbocycles. The topological polar surface area (TPSA) is 61.3 Å². The first-order chi connectivity index (χ1) is 14.6. The average molecular weight is 413 g/mol. The van der Waals surface area contributed by atoms with Crippen molar-refractivity contribution >= 4 is 5.97 Å². The molecule has 1 aromatic heterocycles. The van der Waals surface area contributed by atoms with Crippen LogP contribution in [-0.4, -0.2) is 22.5 Å². The van der Waals surface area contributed by atoms with Crippen molar-refractivity contribution in [1.82, 2.24) is 9.97 Å². The third kappa shape index (κ3) is 8.52. The summed E-state index contributed by atoms with van der Waals surface area (Å²) in [5.74, 6) is 0.820. The van der Waals surface area contributed by atoms with Crippen molar-refractivity contribution in [2.75, 3.05) is 6.61 Å². The van der Waals surface area contributed by atoms with Crippen LogP contribution in [0.15, 0.2) is 36.5 Å². The van der Waals surface area contributed by atoms with Gasteiger partial charge in [0.2, 0.25) is 0 Å². The second kappa shape index (κ2) is 13.7. The molecule has 0 aliphatic heterocycles. The number of esters is 1. The van der Waals surface area contributed by atoms with Crippen LogP contribution in [0.2, 0.25) is 0 Å². The van der Waals surface area contributed by atoms with Gasteiger partial charge in [-0.05, 0) is 18.8 Å². The van der Waals surface area contributed by atoms with Crippen LogP contribution in [0.4, 0.5) is 0 Å². The largest absolute Gasteiger partial charge is 0.490 e. The first-order valence-electron chi connectivity index (χ1n) is 11.4. The van der Waals surface area contributed by atoms with Crippen molar-refractivity contribution in [2.45, 2.75) is 78.6 Å². The highest BCUT2D eigenvalue weighted by molar-refractivity contribution is 5.72. The zero-order chi connectivity index (χ0) is 21.6. The number of hydrogen-bond donors (Lipinski definition) is 0. The standard InChI is InChI=1S/C25H36N2O3/c1-4-6-7-8-9-13-18-29-22-19-26-25(30-23(28)17-16-20(3)5-2)27-24(22)21-14-11-10-12-15-21/h10-12,14-15,19-20H,4-9,13,16-18H2,1-3H3. The van der Waals surface area contributed by atoms with Gasteiger partial charge in [-0.25, -0.2) is 0 Å². The molecule has 0 fully saturated rings. The number of ether oxygens (including phenoxy) is 2. The number of unbranched alkanes of at least 4 members (excludes halogenated alkanes) is 5. The Labute approximate surface area is 181 Å². The Morgan fingerprint density at radius 3 is 2.50 bits per heavy atom. The van der Waals surface area contributed by atoms with Gasteiger partial charge in [-0.15, -0.1) is 0 Å². The molecule has 1 heterocycles. The van der Waals surface area contributed by atoms with Gasteiger partial charge in [-0.3, -0.25) is 4.79 Å². The molecule has 2 rings (SSSR count). The van der Waals surface area contributed by atoms with E-state index in [1.807, 2.05) is 30.3 Å². The highest BCUT2D eigenvalue weighted by atomic mass is 16.5. The van der Waals surface area contributed by atoms with Gasteiger partial charge in [-0.1, -0.05) is 89.6 Å². The van der Waals surface area contributed by atoms with E-state index in [-0.39, 0.29) is 12.0 Å². The maximum Gasteiger partial charge on any atom is 0.325 e. The zero-order valence-corrected chi connectivity index (χ0v) is 18.7. The molecule has 1 aromatic carbocycles. The first-order valence-corrected chi connectivity index (χ1v) is 11.4. The van der Waals surface area contributed by atoms with E-state index in [0.29, 0.717) is 30.4 Å². The average Bonchev–Trinajstić information content (AvgIpc) is 2.78. The Morgan fingerprint density at radius 2 is 1.77 bits per heavy atom. The minimum atomic E-state index is -0.296. The summed E-state index contributed by atoms with van der Waals surface area (Å²) in [7, 11) is 0. The van der Waals surface area contributed by atoms with E-state index in [2.05, 4.69) is 30.7 Å². The van der Waals surface area contributed by atoms with E-state index in [9.17, 15) is 4.79 Å². The molecule has 30 heavy (non-hydrogen) atoms. The minimum absolute atomic E-state index is 0.0786. The lowest BCUT2D eigenvalue weighted by Gasteiger charge is -2.12. The monoisotopic (exact) mass is 412 g/mol. The SMILES string of the molecule is CCCCCCCCOc1cnc(OC(=O)CCC(C)CC)nc1-c1ccccc1. The van der Waals surface area contributed by atoms with Crippen LogP contribution in [0, 0.1) is 5.92 Å². The summed E-state index contributed by atoms with van der Waals surface area (Å²) in [6, 6.07) is 9.87. The lowest BCUT2D eigenvalue weighted by Crippen LogP contribution is -2.12. The first kappa shape index (κ1) is 23.8. The Balaban J connectivity index is 2.00. The number of carbonyl (C=O) groups excluding carboxylic acids is 1. The molecule has 0 spiro atoms. The summed E-state index contributed by atoms with van der Waals surface area (Å²) in [5, 5.41) is 0. The molecule has 0 saturated heterocycles. The van der Waals surface area contributed by atoms with Crippen molar-refractivity contribution < 1.29 is 14.3 Å². The number of hydrogen-bond acceptors (Lipinski definition) is 5. The van der Waals surface area contributed by atoms with E-state index in [1.165, 1.54) is 25.7 Å². The van der Waals surface area contributed by atoms with Crippen LogP contribution >= 0.6 is 0 Å². The summed E-state index contributed by atoms with van der Waals surface area (Å²) in [6.45, 7) is 7.10. The van der Waals surface area contributed by atoms with Crippen molar-refractivity contribution in [3.63, 3.8) is 0 Å². The van der Waals surface area contributed by atoms with Gasteiger partial charge in [0.05, 0.1) is 12.8 Å². The van der Waals surface area contributed by atoms with Gasteiger partial charge in [0.25, 0.3) is 0 Å². The van der Waals surface area contributed by atoms with Crippen LogP contribution in [0.25, 0.3) is 11.3 Å². The van der Waals surface area contributed by atoms with E-state index in [0.717, 1.165) is 31.2 Å². The van der Waals surface area contributed by atoms with Crippen molar-refractivity contribution in [1.29, 1.82) is 0 Å². The fourth-order valence-corrected chi connectivity index (χ4v) is 3.10. The van der Waals surface area contributed by atoms with Crippen LogP contribution in [0.5, 0.6) is 11.8 Å². The number of aromatic nitrogens is 2. The van der Waals surface area contributed by atoms with E-state index in [4.69, 9.17) is 9.47 Å². The second-order valence-electron chi connectivity index (χ2n) is 7.87.